The molecule has 1 aliphatic carbocycles. The van der Waals surface area contributed by atoms with Crippen LogP contribution in [0.2, 0.25) is 0 Å². The minimum absolute atomic E-state index is 0.0406. The van der Waals surface area contributed by atoms with Crippen molar-refractivity contribution in [3.05, 3.63) is 102 Å². The van der Waals surface area contributed by atoms with Gasteiger partial charge in [-0.15, -0.1) is 0 Å². The first-order chi connectivity index (χ1) is 31.0. The van der Waals surface area contributed by atoms with Crippen molar-refractivity contribution < 1.29 is 19.4 Å². The Kier molecular flexibility index (Phi) is 10.8. The molecule has 11 rings (SSSR count). The van der Waals surface area contributed by atoms with Crippen molar-refractivity contribution in [2.45, 2.75) is 56.8 Å². The highest BCUT2D eigenvalue weighted by Gasteiger charge is 2.31. The molecular weight excluding hydrogens is 805 g/mol. The standard InChI is InChI=1S/C27H31N5O3.C23H25N5O/c1-30-25-20(11-18(13-24(25)35-2)27(34)31-10-9-23(33)19(28)15-31)29-26(30)22-12-17-5-3-4-6-21(17)32(22)14-16-7-8-16;1-26-19-8-4-3-6-15(19)13-21(26)22-25-18-12-16(9-10-20(18)27(22)2)23(29)28-11-5-7-17(24)14-28/h3-6,11-13,16,19,23,33H,7-10,14-15,28H2,1-2H3;3-4,6,8-10,12-13,17H,5,7,11,14,24H2,1-2H3/t19-,23+;/m0./s1. The maximum atomic E-state index is 13.3. The molecule has 1 saturated carbocycles. The number of hydrogen-bond acceptors (Lipinski definition) is 8. The Labute approximate surface area is 371 Å². The lowest BCUT2D eigenvalue weighted by atomic mass is 10.0. The molecule has 64 heavy (non-hydrogen) atoms. The van der Waals surface area contributed by atoms with E-state index < -0.39 is 12.1 Å². The Balaban J connectivity index is 0.000000154. The van der Waals surface area contributed by atoms with Crippen LogP contribution in [-0.4, -0.2) is 106 Å². The van der Waals surface area contributed by atoms with E-state index in [2.05, 4.69) is 73.8 Å². The van der Waals surface area contributed by atoms with Crippen molar-refractivity contribution in [3.63, 3.8) is 0 Å². The molecule has 2 saturated heterocycles. The summed E-state index contributed by atoms with van der Waals surface area (Å²) in [5.74, 6) is 2.98. The summed E-state index contributed by atoms with van der Waals surface area (Å²) < 4.78 is 14.4. The molecule has 4 aromatic heterocycles. The van der Waals surface area contributed by atoms with Gasteiger partial charge in [-0.05, 0) is 92.6 Å². The number of methoxy groups -OCH3 is 1. The van der Waals surface area contributed by atoms with Crippen LogP contribution in [0, 0.1) is 5.92 Å². The van der Waals surface area contributed by atoms with Gasteiger partial charge in [-0.25, -0.2) is 9.97 Å². The van der Waals surface area contributed by atoms with E-state index in [9.17, 15) is 14.7 Å². The van der Waals surface area contributed by atoms with Crippen LogP contribution in [0.15, 0.2) is 91.0 Å². The van der Waals surface area contributed by atoms with Crippen LogP contribution < -0.4 is 16.2 Å². The predicted molar refractivity (Wildman–Crippen MR) is 251 cm³/mol. The second-order valence-electron chi connectivity index (χ2n) is 18.0. The lowest BCUT2D eigenvalue weighted by Crippen LogP contribution is -2.53. The number of nitrogens with two attached hydrogens (primary N) is 2. The fourth-order valence-corrected chi connectivity index (χ4v) is 9.75. The van der Waals surface area contributed by atoms with Crippen LogP contribution in [0.4, 0.5) is 0 Å². The number of likely N-dealkylation sites (tertiary alicyclic amines) is 2. The van der Waals surface area contributed by atoms with Gasteiger partial charge in [0.15, 0.2) is 11.6 Å². The Morgan fingerprint density at radius 1 is 0.688 bits per heavy atom. The molecule has 2 amide bonds. The molecule has 0 radical (unpaired) electrons. The first kappa shape index (κ1) is 41.5. The number of imidazole rings is 2. The number of aliphatic hydroxyl groups excluding tert-OH is 1. The summed E-state index contributed by atoms with van der Waals surface area (Å²) in [4.78, 5) is 39.7. The summed E-state index contributed by atoms with van der Waals surface area (Å²) in [6.07, 6.45) is 4.39. The number of ether oxygens (including phenoxy) is 1. The fourth-order valence-electron chi connectivity index (χ4n) is 9.75. The van der Waals surface area contributed by atoms with Crippen LogP contribution in [0.25, 0.3) is 66.9 Å². The number of rotatable bonds is 7. The third kappa shape index (κ3) is 7.48. The summed E-state index contributed by atoms with van der Waals surface area (Å²) in [7, 11) is 7.70. The number of aromatic nitrogens is 6. The maximum Gasteiger partial charge on any atom is 0.254 e. The molecule has 2 aliphatic heterocycles. The molecule has 6 heterocycles. The van der Waals surface area contributed by atoms with Crippen molar-refractivity contribution in [1.82, 2.24) is 38.0 Å². The number of carbonyl (C=O) groups is 2. The van der Waals surface area contributed by atoms with Gasteiger partial charge in [0, 0.05) is 98.9 Å². The number of para-hydroxylation sites is 2. The number of benzene rings is 4. The lowest BCUT2D eigenvalue weighted by molar-refractivity contribution is 0.0459. The van der Waals surface area contributed by atoms with Gasteiger partial charge in [0.05, 0.1) is 41.2 Å². The average molecular weight is 861 g/mol. The number of aliphatic hydroxyl groups is 1. The third-order valence-corrected chi connectivity index (χ3v) is 13.5. The van der Waals surface area contributed by atoms with Gasteiger partial charge >= 0.3 is 0 Å². The van der Waals surface area contributed by atoms with Crippen molar-refractivity contribution in [3.8, 4) is 28.8 Å². The second kappa shape index (κ2) is 16.6. The molecule has 3 aliphatic rings. The summed E-state index contributed by atoms with van der Waals surface area (Å²) in [5, 5.41) is 12.3. The summed E-state index contributed by atoms with van der Waals surface area (Å²) in [6.45, 7) is 3.18. The molecule has 3 fully saturated rings. The molecule has 3 atom stereocenters. The molecule has 330 valence electrons. The van der Waals surface area contributed by atoms with Crippen molar-refractivity contribution in [2.24, 2.45) is 38.5 Å². The minimum Gasteiger partial charge on any atom is -0.494 e. The van der Waals surface area contributed by atoms with Crippen LogP contribution >= 0.6 is 0 Å². The van der Waals surface area contributed by atoms with Gasteiger partial charge in [-0.2, -0.15) is 0 Å². The molecule has 14 heteroatoms. The maximum absolute atomic E-state index is 13.3. The van der Waals surface area contributed by atoms with Gasteiger partial charge in [0.25, 0.3) is 11.8 Å². The topological polar surface area (TPSA) is 168 Å². The third-order valence-electron chi connectivity index (χ3n) is 13.5. The summed E-state index contributed by atoms with van der Waals surface area (Å²) >= 11 is 0. The zero-order chi connectivity index (χ0) is 44.4. The van der Waals surface area contributed by atoms with E-state index in [4.69, 9.17) is 26.2 Å². The Morgan fingerprint density at radius 3 is 2.06 bits per heavy atom. The van der Waals surface area contributed by atoms with E-state index in [1.807, 2.05) is 55.4 Å². The zero-order valence-electron chi connectivity index (χ0n) is 36.9. The van der Waals surface area contributed by atoms with E-state index in [0.29, 0.717) is 48.8 Å². The molecule has 1 unspecified atom stereocenters. The summed E-state index contributed by atoms with van der Waals surface area (Å²) in [5.41, 5.74) is 21.2. The van der Waals surface area contributed by atoms with E-state index >= 15 is 0 Å². The van der Waals surface area contributed by atoms with E-state index in [1.54, 1.807) is 18.1 Å². The van der Waals surface area contributed by atoms with Gasteiger partial charge in [-0.1, -0.05) is 36.4 Å². The van der Waals surface area contributed by atoms with Gasteiger partial charge < -0.3 is 49.4 Å². The monoisotopic (exact) mass is 860 g/mol. The van der Waals surface area contributed by atoms with Crippen LogP contribution in [0.5, 0.6) is 5.75 Å². The highest BCUT2D eigenvalue weighted by atomic mass is 16.5. The Morgan fingerprint density at radius 2 is 1.34 bits per heavy atom. The average Bonchev–Trinajstić information content (AvgIpc) is 3.69. The van der Waals surface area contributed by atoms with E-state index in [1.165, 1.54) is 34.6 Å². The van der Waals surface area contributed by atoms with E-state index in [-0.39, 0.29) is 17.9 Å². The van der Waals surface area contributed by atoms with Gasteiger partial charge in [0.2, 0.25) is 0 Å². The SMILES string of the molecule is COc1cc(C(=O)N2CC[C@@H](O)[C@@H](N)C2)cc2nc(-c3cc4ccccc4n3CC3CC3)n(C)c12.Cn1c(-c2nc3cc(C(=O)N4CCCC(N)C4)ccc3n2C)cc2ccccc21. The predicted octanol–water partition coefficient (Wildman–Crippen LogP) is 6.44. The lowest BCUT2D eigenvalue weighted by Gasteiger charge is -2.34. The highest BCUT2D eigenvalue weighted by molar-refractivity contribution is 6.01. The number of carbonyl (C=O) groups excluding carboxylic acids is 2. The van der Waals surface area contributed by atoms with Crippen LogP contribution in [-0.2, 0) is 27.7 Å². The van der Waals surface area contributed by atoms with Crippen LogP contribution in [0.1, 0.15) is 52.8 Å². The van der Waals surface area contributed by atoms with Crippen LogP contribution in [0.3, 0.4) is 0 Å². The zero-order valence-corrected chi connectivity index (χ0v) is 36.9. The van der Waals surface area contributed by atoms with Crippen molar-refractivity contribution >= 4 is 55.7 Å². The number of nitrogens with zero attached hydrogens (tertiary/aromatic N) is 8. The second-order valence-corrected chi connectivity index (χ2v) is 18.0. The quantitative estimate of drug-likeness (QED) is 0.165. The molecule has 8 aromatic rings. The molecule has 0 spiro atoms. The largest absolute Gasteiger partial charge is 0.494 e. The molecule has 14 nitrogen and oxygen atoms in total. The van der Waals surface area contributed by atoms with Crippen molar-refractivity contribution in [2.75, 3.05) is 33.3 Å². The molecule has 0 bridgehead atoms. The summed E-state index contributed by atoms with van der Waals surface area (Å²) in [6, 6.07) is 30.2. The Bertz CT molecular complexity index is 3080. The molecule has 5 N–H and O–H groups in total. The highest BCUT2D eigenvalue weighted by Crippen LogP contribution is 2.38. The normalized spacial score (nSPS) is 19.1. The number of piperidine rings is 2. The molecular formula is C50H56N10O4. The van der Waals surface area contributed by atoms with E-state index in [0.717, 1.165) is 71.0 Å². The first-order valence-electron chi connectivity index (χ1n) is 22.4. The number of hydrogen-bond donors (Lipinski definition) is 3. The fraction of sp³-hybridized carbons (Fsp3) is 0.360. The Hall–Kier alpha value is -6.48. The first-order valence-corrected chi connectivity index (χ1v) is 22.4. The van der Waals surface area contributed by atoms with Gasteiger partial charge in [-0.3, -0.25) is 9.59 Å². The number of aryl methyl sites for hydroxylation is 3. The van der Waals surface area contributed by atoms with Crippen molar-refractivity contribution in [1.29, 1.82) is 0 Å². The minimum atomic E-state index is -0.572. The molecule has 4 aromatic carbocycles. The number of amides is 2. The van der Waals surface area contributed by atoms with Gasteiger partial charge in [0.1, 0.15) is 11.3 Å². The number of fused-ring (bicyclic) bond motifs is 4. The smallest absolute Gasteiger partial charge is 0.254 e.